The molecule has 24 heavy (non-hydrogen) atoms. The summed E-state index contributed by atoms with van der Waals surface area (Å²) in [5.41, 5.74) is 5.66. The van der Waals surface area contributed by atoms with E-state index in [1.165, 1.54) is 0 Å². The summed E-state index contributed by atoms with van der Waals surface area (Å²) in [6.45, 7) is 6.14. The van der Waals surface area contributed by atoms with E-state index in [2.05, 4.69) is 16.2 Å². The van der Waals surface area contributed by atoms with E-state index in [0.29, 0.717) is 16.5 Å². The molecule has 0 radical (unpaired) electrons. The number of hydrogen-bond acceptors (Lipinski definition) is 4. The highest BCUT2D eigenvalue weighted by atomic mass is 32.1. The van der Waals surface area contributed by atoms with Crippen LogP contribution in [0.3, 0.4) is 0 Å². The molecular formula is C16H22N4O3S. The predicted molar refractivity (Wildman–Crippen MR) is 95.7 cm³/mol. The second kappa shape index (κ2) is 7.48. The summed E-state index contributed by atoms with van der Waals surface area (Å²) in [4.78, 5) is 25.5. The Bertz CT molecular complexity index is 642. The number of thiocarbonyl (C=S) groups is 1. The molecule has 0 saturated carbocycles. The first kappa shape index (κ1) is 18.0. The van der Waals surface area contributed by atoms with Crippen LogP contribution in [-0.2, 0) is 9.59 Å². The predicted octanol–water partition coefficient (Wildman–Crippen LogP) is 1.10. The number of amides is 2. The number of benzene rings is 1. The molecule has 130 valence electrons. The van der Waals surface area contributed by atoms with Crippen molar-refractivity contribution in [2.45, 2.75) is 32.7 Å². The molecule has 0 saturated heterocycles. The first-order valence-electron chi connectivity index (χ1n) is 7.65. The van der Waals surface area contributed by atoms with Gasteiger partial charge in [0.2, 0.25) is 5.91 Å². The van der Waals surface area contributed by atoms with Crippen LogP contribution in [0.1, 0.15) is 27.2 Å². The average molecular weight is 350 g/mol. The molecule has 8 heteroatoms. The van der Waals surface area contributed by atoms with E-state index in [-0.39, 0.29) is 36.9 Å². The van der Waals surface area contributed by atoms with Crippen LogP contribution in [0.4, 0.5) is 5.69 Å². The summed E-state index contributed by atoms with van der Waals surface area (Å²) in [6, 6.07) is 7.26. The minimum atomic E-state index is -0.259. The number of fused-ring (bicyclic) bond motifs is 1. The molecule has 0 unspecified atom stereocenters. The summed E-state index contributed by atoms with van der Waals surface area (Å²) < 4.78 is 5.37. The van der Waals surface area contributed by atoms with Crippen molar-refractivity contribution in [3.05, 3.63) is 24.3 Å². The molecule has 1 aliphatic heterocycles. The Labute approximate surface area is 146 Å². The Morgan fingerprint density at radius 1 is 1.29 bits per heavy atom. The highest BCUT2D eigenvalue weighted by molar-refractivity contribution is 7.80. The maximum atomic E-state index is 12.0. The van der Waals surface area contributed by atoms with Crippen LogP contribution in [0.25, 0.3) is 0 Å². The summed E-state index contributed by atoms with van der Waals surface area (Å²) in [6.07, 6.45) is 0.144. The second-order valence-electron chi connectivity index (χ2n) is 6.43. The molecule has 1 aromatic rings. The smallest absolute Gasteiger partial charge is 0.265 e. The Morgan fingerprint density at radius 3 is 2.71 bits per heavy atom. The van der Waals surface area contributed by atoms with Gasteiger partial charge in [-0.3, -0.25) is 20.4 Å². The van der Waals surface area contributed by atoms with Crippen molar-refractivity contribution in [2.75, 3.05) is 18.1 Å². The van der Waals surface area contributed by atoms with E-state index in [4.69, 9.17) is 17.0 Å². The number of para-hydroxylation sites is 2. The number of anilines is 1. The molecule has 2 rings (SSSR count). The highest BCUT2D eigenvalue weighted by Crippen LogP contribution is 2.31. The Kier molecular flexibility index (Phi) is 5.61. The van der Waals surface area contributed by atoms with Crippen molar-refractivity contribution in [1.29, 1.82) is 0 Å². The van der Waals surface area contributed by atoms with Gasteiger partial charge in [-0.25, -0.2) is 0 Å². The third-order valence-corrected chi connectivity index (χ3v) is 3.38. The van der Waals surface area contributed by atoms with Gasteiger partial charge in [-0.15, -0.1) is 0 Å². The van der Waals surface area contributed by atoms with Crippen molar-refractivity contribution >= 4 is 34.8 Å². The molecule has 1 heterocycles. The lowest BCUT2D eigenvalue weighted by Crippen LogP contribution is -2.52. The van der Waals surface area contributed by atoms with Gasteiger partial charge in [0.05, 0.1) is 5.69 Å². The van der Waals surface area contributed by atoms with Gasteiger partial charge in [0.1, 0.15) is 5.75 Å². The monoisotopic (exact) mass is 350 g/mol. The van der Waals surface area contributed by atoms with Gasteiger partial charge in [0, 0.05) is 18.5 Å². The number of nitrogens with one attached hydrogen (secondary N) is 3. The third kappa shape index (κ3) is 5.09. The van der Waals surface area contributed by atoms with Crippen LogP contribution < -0.4 is 25.8 Å². The van der Waals surface area contributed by atoms with E-state index in [0.717, 1.165) is 0 Å². The van der Waals surface area contributed by atoms with Gasteiger partial charge >= 0.3 is 0 Å². The normalized spacial score (nSPS) is 13.6. The Morgan fingerprint density at radius 2 is 2.00 bits per heavy atom. The molecule has 0 aliphatic carbocycles. The van der Waals surface area contributed by atoms with Crippen molar-refractivity contribution in [2.24, 2.45) is 0 Å². The molecule has 2 amide bonds. The largest absolute Gasteiger partial charge is 0.482 e. The maximum absolute atomic E-state index is 12.0. The van der Waals surface area contributed by atoms with E-state index < -0.39 is 0 Å². The zero-order valence-corrected chi connectivity index (χ0v) is 14.8. The quantitative estimate of drug-likeness (QED) is 0.559. The Hall–Kier alpha value is -2.35. The fourth-order valence-corrected chi connectivity index (χ4v) is 2.53. The van der Waals surface area contributed by atoms with Crippen molar-refractivity contribution in [3.8, 4) is 5.75 Å². The summed E-state index contributed by atoms with van der Waals surface area (Å²) in [5.74, 6) is 0.218. The minimum absolute atomic E-state index is 0.0174. The number of nitrogens with zero attached hydrogens (tertiary/aromatic N) is 1. The summed E-state index contributed by atoms with van der Waals surface area (Å²) in [5, 5.41) is 3.36. The molecule has 7 nitrogen and oxygen atoms in total. The second-order valence-corrected chi connectivity index (χ2v) is 6.84. The van der Waals surface area contributed by atoms with Gasteiger partial charge in [0.15, 0.2) is 11.7 Å². The fraction of sp³-hybridized carbons (Fsp3) is 0.438. The number of carbonyl (C=O) groups is 2. The van der Waals surface area contributed by atoms with Crippen LogP contribution in [0.15, 0.2) is 24.3 Å². The third-order valence-electron chi connectivity index (χ3n) is 3.17. The van der Waals surface area contributed by atoms with Crippen LogP contribution in [0.2, 0.25) is 0 Å². The van der Waals surface area contributed by atoms with Gasteiger partial charge in [0.25, 0.3) is 5.91 Å². The molecule has 3 N–H and O–H groups in total. The van der Waals surface area contributed by atoms with E-state index >= 15 is 0 Å². The van der Waals surface area contributed by atoms with E-state index in [1.807, 2.05) is 32.9 Å². The van der Waals surface area contributed by atoms with Crippen molar-refractivity contribution in [3.63, 3.8) is 0 Å². The van der Waals surface area contributed by atoms with Gasteiger partial charge in [-0.1, -0.05) is 12.1 Å². The molecule has 0 aromatic heterocycles. The van der Waals surface area contributed by atoms with E-state index in [9.17, 15) is 9.59 Å². The first-order valence-corrected chi connectivity index (χ1v) is 8.06. The molecule has 1 aliphatic rings. The Balaban J connectivity index is 1.84. The van der Waals surface area contributed by atoms with Crippen LogP contribution in [0, 0.1) is 0 Å². The van der Waals surface area contributed by atoms with Crippen molar-refractivity contribution in [1.82, 2.24) is 16.2 Å². The maximum Gasteiger partial charge on any atom is 0.265 e. The molecule has 0 spiro atoms. The standard InChI is InChI=1S/C16H22N4O3S/c1-16(2,3)17-15(24)19-18-13(21)8-9-20-11-6-4-5-7-12(11)23-10-14(20)22/h4-7H,8-10H2,1-3H3,(H,18,21)(H2,17,19,24). The lowest BCUT2D eigenvalue weighted by molar-refractivity contribution is -0.122. The fourth-order valence-electron chi connectivity index (χ4n) is 2.17. The number of ether oxygens (including phenoxy) is 1. The molecule has 0 bridgehead atoms. The molecule has 0 atom stereocenters. The number of carbonyl (C=O) groups excluding carboxylic acids is 2. The molecule has 1 aromatic carbocycles. The van der Waals surface area contributed by atoms with Gasteiger partial charge < -0.3 is 15.0 Å². The molecular weight excluding hydrogens is 328 g/mol. The zero-order valence-electron chi connectivity index (χ0n) is 14.0. The van der Waals surface area contributed by atoms with Gasteiger partial charge in [-0.05, 0) is 45.1 Å². The topological polar surface area (TPSA) is 82.7 Å². The number of hydrazine groups is 1. The first-order chi connectivity index (χ1) is 11.3. The minimum Gasteiger partial charge on any atom is -0.482 e. The summed E-state index contributed by atoms with van der Waals surface area (Å²) in [7, 11) is 0. The van der Waals surface area contributed by atoms with Crippen LogP contribution >= 0.6 is 12.2 Å². The summed E-state index contributed by atoms with van der Waals surface area (Å²) >= 11 is 5.08. The van der Waals surface area contributed by atoms with Crippen molar-refractivity contribution < 1.29 is 14.3 Å². The van der Waals surface area contributed by atoms with Crippen LogP contribution in [-0.4, -0.2) is 35.6 Å². The number of rotatable bonds is 3. The number of hydrogen-bond donors (Lipinski definition) is 3. The van der Waals surface area contributed by atoms with E-state index in [1.54, 1.807) is 17.0 Å². The lowest BCUT2D eigenvalue weighted by Gasteiger charge is -2.29. The highest BCUT2D eigenvalue weighted by Gasteiger charge is 2.25. The molecule has 0 fully saturated rings. The average Bonchev–Trinajstić information content (AvgIpc) is 2.50. The van der Waals surface area contributed by atoms with Crippen LogP contribution in [0.5, 0.6) is 5.75 Å². The zero-order chi connectivity index (χ0) is 17.7. The van der Waals surface area contributed by atoms with Gasteiger partial charge in [-0.2, -0.15) is 0 Å². The lowest BCUT2D eigenvalue weighted by atomic mass is 10.1. The SMILES string of the molecule is CC(C)(C)NC(=S)NNC(=O)CCN1C(=O)COc2ccccc21.